The molecule has 0 saturated heterocycles. The second-order valence-electron chi connectivity index (χ2n) is 6.40. The van der Waals surface area contributed by atoms with Gasteiger partial charge in [0, 0.05) is 0 Å². The molecular weight excluding hydrogens is 172 g/mol. The zero-order chi connectivity index (χ0) is 9.97. The van der Waals surface area contributed by atoms with E-state index in [2.05, 4.69) is 13.8 Å². The molecule has 0 aliphatic heterocycles. The molecule has 0 aromatic carbocycles. The van der Waals surface area contributed by atoms with Gasteiger partial charge in [-0.3, -0.25) is 0 Å². The van der Waals surface area contributed by atoms with Crippen LogP contribution in [0.1, 0.15) is 52.4 Å². The molecule has 5 atom stereocenters. The van der Waals surface area contributed by atoms with Crippen LogP contribution in [-0.2, 0) is 0 Å². The second-order valence-corrected chi connectivity index (χ2v) is 6.40. The number of fused-ring (bicyclic) bond motifs is 4. The van der Waals surface area contributed by atoms with Crippen LogP contribution in [0.3, 0.4) is 0 Å². The van der Waals surface area contributed by atoms with Crippen LogP contribution in [0.5, 0.6) is 0 Å². The van der Waals surface area contributed by atoms with Gasteiger partial charge in [0.05, 0.1) is 5.60 Å². The van der Waals surface area contributed by atoms with Crippen molar-refractivity contribution in [3.8, 4) is 0 Å². The van der Waals surface area contributed by atoms with Crippen LogP contribution < -0.4 is 0 Å². The molecule has 0 bridgehead atoms. The Hall–Kier alpha value is -0.0400. The van der Waals surface area contributed by atoms with Gasteiger partial charge in [-0.1, -0.05) is 19.8 Å². The number of aliphatic hydroxyl groups is 1. The van der Waals surface area contributed by atoms with E-state index >= 15 is 0 Å². The fraction of sp³-hybridized carbons (Fsp3) is 1.00. The maximum Gasteiger partial charge on any atom is 0.0656 e. The third kappa shape index (κ3) is 0.900. The van der Waals surface area contributed by atoms with Gasteiger partial charge < -0.3 is 5.11 Å². The van der Waals surface area contributed by atoms with Crippen molar-refractivity contribution in [2.45, 2.75) is 58.0 Å². The molecule has 3 aliphatic rings. The predicted molar refractivity (Wildman–Crippen MR) is 56.9 cm³/mol. The fourth-order valence-corrected chi connectivity index (χ4v) is 5.17. The molecule has 0 unspecified atom stereocenters. The lowest BCUT2D eigenvalue weighted by Gasteiger charge is -2.62. The first kappa shape index (κ1) is 9.21. The standard InChI is InChI=1S/C13H22O/c1-12-7-8-13(2,14)11(12)9-5-3-4-6-10(9)12/h9-11,14H,3-8H2,1-2H3/t9-,10+,11+,12-,13-/m0/s1. The Morgan fingerprint density at radius 3 is 2.57 bits per heavy atom. The van der Waals surface area contributed by atoms with Gasteiger partial charge >= 0.3 is 0 Å². The van der Waals surface area contributed by atoms with Gasteiger partial charge in [-0.15, -0.1) is 0 Å². The quantitative estimate of drug-likeness (QED) is 0.628. The van der Waals surface area contributed by atoms with Gasteiger partial charge in [0.1, 0.15) is 0 Å². The summed E-state index contributed by atoms with van der Waals surface area (Å²) in [5, 5.41) is 10.4. The molecule has 80 valence electrons. The van der Waals surface area contributed by atoms with Crippen LogP contribution in [-0.4, -0.2) is 10.7 Å². The Kier molecular flexibility index (Phi) is 1.68. The maximum atomic E-state index is 10.4. The van der Waals surface area contributed by atoms with Gasteiger partial charge in [-0.05, 0) is 55.8 Å². The summed E-state index contributed by atoms with van der Waals surface area (Å²) in [7, 11) is 0. The summed E-state index contributed by atoms with van der Waals surface area (Å²) in [6.45, 7) is 4.51. The summed E-state index contributed by atoms with van der Waals surface area (Å²) in [6.07, 6.45) is 7.98. The highest BCUT2D eigenvalue weighted by molar-refractivity contribution is 5.16. The first-order chi connectivity index (χ1) is 6.56. The third-order valence-electron chi connectivity index (χ3n) is 5.64. The lowest BCUT2D eigenvalue weighted by atomic mass is 9.43. The van der Waals surface area contributed by atoms with E-state index < -0.39 is 0 Å². The Bertz CT molecular complexity index is 258. The summed E-state index contributed by atoms with van der Waals surface area (Å²) < 4.78 is 0. The summed E-state index contributed by atoms with van der Waals surface area (Å²) in [6, 6.07) is 0. The van der Waals surface area contributed by atoms with Crippen molar-refractivity contribution in [2.75, 3.05) is 0 Å². The minimum Gasteiger partial charge on any atom is -0.390 e. The van der Waals surface area contributed by atoms with Crippen LogP contribution in [0.15, 0.2) is 0 Å². The molecule has 0 amide bonds. The van der Waals surface area contributed by atoms with E-state index in [-0.39, 0.29) is 5.60 Å². The van der Waals surface area contributed by atoms with Crippen LogP contribution in [0.4, 0.5) is 0 Å². The zero-order valence-electron chi connectivity index (χ0n) is 9.42. The molecule has 0 spiro atoms. The van der Waals surface area contributed by atoms with Gasteiger partial charge in [0.15, 0.2) is 0 Å². The number of hydrogen-bond donors (Lipinski definition) is 1. The molecule has 3 saturated carbocycles. The number of hydrogen-bond acceptors (Lipinski definition) is 1. The molecule has 1 heteroatoms. The monoisotopic (exact) mass is 194 g/mol. The largest absolute Gasteiger partial charge is 0.390 e. The molecule has 3 aliphatic carbocycles. The first-order valence-electron chi connectivity index (χ1n) is 6.28. The van der Waals surface area contributed by atoms with Gasteiger partial charge in [0.25, 0.3) is 0 Å². The van der Waals surface area contributed by atoms with Crippen molar-refractivity contribution in [3.05, 3.63) is 0 Å². The van der Waals surface area contributed by atoms with E-state index in [0.29, 0.717) is 11.3 Å². The normalized spacial score (nSPS) is 61.5. The summed E-state index contributed by atoms with van der Waals surface area (Å²) >= 11 is 0. The molecule has 14 heavy (non-hydrogen) atoms. The lowest BCUT2D eigenvalue weighted by molar-refractivity contribution is -0.174. The Labute approximate surface area is 86.9 Å². The molecule has 3 fully saturated rings. The topological polar surface area (TPSA) is 20.2 Å². The Balaban J connectivity index is 1.91. The molecule has 0 radical (unpaired) electrons. The summed E-state index contributed by atoms with van der Waals surface area (Å²) in [5.41, 5.74) is 0.168. The van der Waals surface area contributed by atoms with Crippen LogP contribution >= 0.6 is 0 Å². The Morgan fingerprint density at radius 1 is 1.07 bits per heavy atom. The highest BCUT2D eigenvalue weighted by Crippen LogP contribution is 2.70. The van der Waals surface area contributed by atoms with E-state index in [1.807, 2.05) is 0 Å². The number of rotatable bonds is 0. The second kappa shape index (κ2) is 2.55. The van der Waals surface area contributed by atoms with Crippen LogP contribution in [0.2, 0.25) is 0 Å². The molecule has 0 aromatic heterocycles. The van der Waals surface area contributed by atoms with Crippen molar-refractivity contribution in [1.82, 2.24) is 0 Å². The van der Waals surface area contributed by atoms with Crippen molar-refractivity contribution in [2.24, 2.45) is 23.2 Å². The summed E-state index contributed by atoms with van der Waals surface area (Å²) in [5.74, 6) is 2.45. The average Bonchev–Trinajstić information content (AvgIpc) is 2.33. The molecule has 0 aromatic rings. The molecule has 1 nitrogen and oxygen atoms in total. The highest BCUT2D eigenvalue weighted by Gasteiger charge is 2.67. The predicted octanol–water partition coefficient (Wildman–Crippen LogP) is 2.97. The van der Waals surface area contributed by atoms with Crippen molar-refractivity contribution in [1.29, 1.82) is 0 Å². The average molecular weight is 194 g/mol. The third-order valence-corrected chi connectivity index (χ3v) is 5.64. The lowest BCUT2D eigenvalue weighted by Crippen LogP contribution is -2.59. The van der Waals surface area contributed by atoms with E-state index in [0.717, 1.165) is 18.3 Å². The van der Waals surface area contributed by atoms with Crippen molar-refractivity contribution < 1.29 is 5.11 Å². The highest BCUT2D eigenvalue weighted by atomic mass is 16.3. The fourth-order valence-electron chi connectivity index (χ4n) is 5.17. The molecule has 0 heterocycles. The van der Waals surface area contributed by atoms with Crippen molar-refractivity contribution in [3.63, 3.8) is 0 Å². The SMILES string of the molecule is C[C@@]12CC[C@](C)(O)[C@@H]1[C@H]1CCCC[C@H]12. The minimum atomic E-state index is -0.340. The van der Waals surface area contributed by atoms with E-state index in [4.69, 9.17) is 0 Å². The van der Waals surface area contributed by atoms with E-state index in [9.17, 15) is 5.11 Å². The summed E-state index contributed by atoms with van der Waals surface area (Å²) in [4.78, 5) is 0. The minimum absolute atomic E-state index is 0.340. The van der Waals surface area contributed by atoms with Crippen molar-refractivity contribution >= 4 is 0 Å². The molecular formula is C13H22O. The first-order valence-corrected chi connectivity index (χ1v) is 6.28. The van der Waals surface area contributed by atoms with Crippen LogP contribution in [0, 0.1) is 23.2 Å². The van der Waals surface area contributed by atoms with E-state index in [1.165, 1.54) is 32.1 Å². The zero-order valence-corrected chi connectivity index (χ0v) is 9.42. The smallest absolute Gasteiger partial charge is 0.0656 e. The molecule has 3 rings (SSSR count). The Morgan fingerprint density at radius 2 is 1.79 bits per heavy atom. The van der Waals surface area contributed by atoms with Crippen LogP contribution in [0.25, 0.3) is 0 Å². The molecule has 1 N–H and O–H groups in total. The van der Waals surface area contributed by atoms with Gasteiger partial charge in [-0.25, -0.2) is 0 Å². The van der Waals surface area contributed by atoms with E-state index in [1.54, 1.807) is 0 Å². The van der Waals surface area contributed by atoms with Gasteiger partial charge in [0.2, 0.25) is 0 Å². The van der Waals surface area contributed by atoms with Gasteiger partial charge in [-0.2, -0.15) is 0 Å². The maximum absolute atomic E-state index is 10.4.